The Morgan fingerprint density at radius 3 is 2.71 bits per heavy atom. The minimum Gasteiger partial charge on any atom is -0.370 e. The van der Waals surface area contributed by atoms with Crippen LogP contribution in [0.3, 0.4) is 0 Å². The van der Waals surface area contributed by atoms with E-state index in [0.717, 1.165) is 41.7 Å². The lowest BCUT2D eigenvalue weighted by Gasteiger charge is -2.11. The van der Waals surface area contributed by atoms with E-state index >= 15 is 0 Å². The molecular weight excluding hydrogens is 298 g/mol. The normalized spacial score (nSPS) is 13.2. The number of hydrogen-bond donors (Lipinski definition) is 1. The first kappa shape index (κ1) is 14.7. The standard InChI is InChI=1S/C16H19N3S2/c1-3-8-17-16-13-9-21-10-14(13)18-15(19-16)11-4-6-12(20-2)7-5-11/h4-7H,3,8-10H2,1-2H3,(H,17,18,19). The Labute approximate surface area is 134 Å². The van der Waals surface area contributed by atoms with Gasteiger partial charge in [0.25, 0.3) is 0 Å². The Bertz CT molecular complexity index is 626. The lowest BCUT2D eigenvalue weighted by Crippen LogP contribution is -2.08. The van der Waals surface area contributed by atoms with Gasteiger partial charge in [0.15, 0.2) is 5.82 Å². The Hall–Kier alpha value is -1.20. The van der Waals surface area contributed by atoms with Gasteiger partial charge >= 0.3 is 0 Å². The van der Waals surface area contributed by atoms with Gasteiger partial charge in [0, 0.05) is 34.1 Å². The van der Waals surface area contributed by atoms with Crippen LogP contribution in [0.15, 0.2) is 29.2 Å². The van der Waals surface area contributed by atoms with Crippen LogP contribution in [0.5, 0.6) is 0 Å². The number of nitrogens with one attached hydrogen (secondary N) is 1. The molecule has 1 aromatic heterocycles. The second kappa shape index (κ2) is 6.71. The van der Waals surface area contributed by atoms with Crippen molar-refractivity contribution in [2.45, 2.75) is 29.7 Å². The van der Waals surface area contributed by atoms with E-state index in [2.05, 4.69) is 42.8 Å². The van der Waals surface area contributed by atoms with Crippen molar-refractivity contribution in [2.24, 2.45) is 0 Å². The summed E-state index contributed by atoms with van der Waals surface area (Å²) in [4.78, 5) is 10.8. The number of thioether (sulfide) groups is 2. The van der Waals surface area contributed by atoms with E-state index in [1.807, 2.05) is 11.8 Å². The van der Waals surface area contributed by atoms with Crippen LogP contribution >= 0.6 is 23.5 Å². The van der Waals surface area contributed by atoms with Gasteiger partial charge in [-0.25, -0.2) is 9.97 Å². The maximum atomic E-state index is 4.77. The molecule has 0 saturated carbocycles. The number of nitrogens with zero attached hydrogens (tertiary/aromatic N) is 2. The molecule has 0 bridgehead atoms. The van der Waals surface area contributed by atoms with Gasteiger partial charge in [-0.2, -0.15) is 11.8 Å². The number of fused-ring (bicyclic) bond motifs is 1. The zero-order chi connectivity index (χ0) is 14.7. The van der Waals surface area contributed by atoms with Gasteiger partial charge in [-0.1, -0.05) is 19.1 Å². The predicted molar refractivity (Wildman–Crippen MR) is 93.0 cm³/mol. The van der Waals surface area contributed by atoms with E-state index in [1.54, 1.807) is 11.8 Å². The third-order valence-electron chi connectivity index (χ3n) is 3.47. The zero-order valence-electron chi connectivity index (χ0n) is 12.3. The van der Waals surface area contributed by atoms with Crippen molar-refractivity contribution in [3.05, 3.63) is 35.5 Å². The highest BCUT2D eigenvalue weighted by molar-refractivity contribution is 7.98. The Kier molecular flexibility index (Phi) is 4.70. The third-order valence-corrected chi connectivity index (χ3v) is 5.18. The van der Waals surface area contributed by atoms with Crippen molar-refractivity contribution in [1.82, 2.24) is 9.97 Å². The Balaban J connectivity index is 1.97. The summed E-state index contributed by atoms with van der Waals surface area (Å²) in [7, 11) is 0. The number of benzene rings is 1. The lowest BCUT2D eigenvalue weighted by molar-refractivity contribution is 0.955. The molecule has 3 rings (SSSR count). The molecule has 0 saturated heterocycles. The average Bonchev–Trinajstić information content (AvgIpc) is 3.01. The fourth-order valence-electron chi connectivity index (χ4n) is 2.31. The van der Waals surface area contributed by atoms with E-state index < -0.39 is 0 Å². The molecule has 5 heteroatoms. The molecule has 110 valence electrons. The van der Waals surface area contributed by atoms with Crippen molar-refractivity contribution in [3.63, 3.8) is 0 Å². The summed E-state index contributed by atoms with van der Waals surface area (Å²) < 4.78 is 0. The van der Waals surface area contributed by atoms with Crippen LogP contribution < -0.4 is 5.32 Å². The van der Waals surface area contributed by atoms with Crippen LogP contribution in [-0.4, -0.2) is 22.8 Å². The fraction of sp³-hybridized carbons (Fsp3) is 0.375. The van der Waals surface area contributed by atoms with E-state index in [9.17, 15) is 0 Å². The topological polar surface area (TPSA) is 37.8 Å². The number of aromatic nitrogens is 2. The molecule has 0 spiro atoms. The van der Waals surface area contributed by atoms with Gasteiger partial charge in [0.1, 0.15) is 5.82 Å². The number of hydrogen-bond acceptors (Lipinski definition) is 5. The van der Waals surface area contributed by atoms with Gasteiger partial charge in [0.2, 0.25) is 0 Å². The summed E-state index contributed by atoms with van der Waals surface area (Å²) in [6.07, 6.45) is 3.19. The second-order valence-electron chi connectivity index (χ2n) is 4.97. The highest BCUT2D eigenvalue weighted by atomic mass is 32.2. The van der Waals surface area contributed by atoms with Gasteiger partial charge in [-0.05, 0) is 24.8 Å². The maximum absolute atomic E-state index is 4.77. The molecular formula is C16H19N3S2. The molecule has 0 fully saturated rings. The molecule has 2 heterocycles. The Morgan fingerprint density at radius 1 is 1.19 bits per heavy atom. The first-order valence-electron chi connectivity index (χ1n) is 7.17. The van der Waals surface area contributed by atoms with Crippen molar-refractivity contribution in [1.29, 1.82) is 0 Å². The molecule has 1 aliphatic heterocycles. The minimum absolute atomic E-state index is 0.836. The van der Waals surface area contributed by atoms with Gasteiger partial charge in [-0.3, -0.25) is 0 Å². The van der Waals surface area contributed by atoms with E-state index in [4.69, 9.17) is 9.97 Å². The van der Waals surface area contributed by atoms with Crippen LogP contribution in [-0.2, 0) is 11.5 Å². The summed E-state index contributed by atoms with van der Waals surface area (Å²) in [5.41, 5.74) is 3.57. The predicted octanol–water partition coefficient (Wildman–Crippen LogP) is 4.43. The summed E-state index contributed by atoms with van der Waals surface area (Å²) in [5.74, 6) is 3.88. The molecule has 1 N–H and O–H groups in total. The molecule has 21 heavy (non-hydrogen) atoms. The monoisotopic (exact) mass is 317 g/mol. The maximum Gasteiger partial charge on any atom is 0.161 e. The molecule has 0 radical (unpaired) electrons. The van der Waals surface area contributed by atoms with E-state index in [1.165, 1.54) is 16.2 Å². The largest absolute Gasteiger partial charge is 0.370 e. The van der Waals surface area contributed by atoms with Gasteiger partial charge < -0.3 is 5.32 Å². The second-order valence-corrected chi connectivity index (χ2v) is 6.83. The van der Waals surface area contributed by atoms with E-state index in [-0.39, 0.29) is 0 Å². The van der Waals surface area contributed by atoms with Crippen LogP contribution in [0.2, 0.25) is 0 Å². The Morgan fingerprint density at radius 2 is 2.00 bits per heavy atom. The number of rotatable bonds is 5. The molecule has 1 aliphatic rings. The summed E-state index contributed by atoms with van der Waals surface area (Å²) in [5, 5.41) is 3.46. The molecule has 3 nitrogen and oxygen atoms in total. The van der Waals surface area contributed by atoms with Crippen LogP contribution in [0.4, 0.5) is 5.82 Å². The average molecular weight is 317 g/mol. The summed E-state index contributed by atoms with van der Waals surface area (Å²) in [6, 6.07) is 8.48. The van der Waals surface area contributed by atoms with Crippen molar-refractivity contribution in [2.75, 3.05) is 18.1 Å². The first-order chi connectivity index (χ1) is 10.3. The fourth-order valence-corrected chi connectivity index (χ4v) is 3.76. The van der Waals surface area contributed by atoms with Crippen LogP contribution in [0.25, 0.3) is 11.4 Å². The highest BCUT2D eigenvalue weighted by Gasteiger charge is 2.20. The molecule has 0 amide bonds. The SMILES string of the molecule is CCCNc1nc(-c2ccc(SC)cc2)nc2c1CSC2. The van der Waals surface area contributed by atoms with Crippen LogP contribution in [0, 0.1) is 0 Å². The highest BCUT2D eigenvalue weighted by Crippen LogP contribution is 2.34. The number of anilines is 1. The molecule has 0 aliphatic carbocycles. The first-order valence-corrected chi connectivity index (χ1v) is 9.55. The van der Waals surface area contributed by atoms with Gasteiger partial charge in [-0.15, -0.1) is 11.8 Å². The van der Waals surface area contributed by atoms with E-state index in [0.29, 0.717) is 0 Å². The van der Waals surface area contributed by atoms with Crippen molar-refractivity contribution in [3.8, 4) is 11.4 Å². The molecule has 0 unspecified atom stereocenters. The molecule has 1 aromatic carbocycles. The minimum atomic E-state index is 0.836. The zero-order valence-corrected chi connectivity index (χ0v) is 14.0. The summed E-state index contributed by atoms with van der Waals surface area (Å²) in [6.45, 7) is 3.13. The smallest absolute Gasteiger partial charge is 0.161 e. The van der Waals surface area contributed by atoms with Crippen molar-refractivity contribution >= 4 is 29.3 Å². The lowest BCUT2D eigenvalue weighted by atomic mass is 10.2. The molecule has 0 atom stereocenters. The quantitative estimate of drug-likeness (QED) is 0.826. The molecule has 2 aromatic rings. The van der Waals surface area contributed by atoms with Crippen molar-refractivity contribution < 1.29 is 0 Å². The van der Waals surface area contributed by atoms with Gasteiger partial charge in [0.05, 0.1) is 5.69 Å². The summed E-state index contributed by atoms with van der Waals surface area (Å²) >= 11 is 3.67. The third kappa shape index (κ3) is 3.19. The van der Waals surface area contributed by atoms with Crippen LogP contribution in [0.1, 0.15) is 24.6 Å².